The zero-order valence-electron chi connectivity index (χ0n) is 13.5. The molecular weight excluding hydrogens is 340 g/mol. The summed E-state index contributed by atoms with van der Waals surface area (Å²) in [6.45, 7) is 6.18. The van der Waals surface area contributed by atoms with Gasteiger partial charge in [0.05, 0.1) is 18.1 Å². The maximum Gasteiger partial charge on any atom is 0.243 e. The van der Waals surface area contributed by atoms with Gasteiger partial charge in [-0.2, -0.15) is 4.31 Å². The van der Waals surface area contributed by atoms with Crippen LogP contribution in [-0.4, -0.2) is 45.6 Å². The molecule has 1 unspecified atom stereocenters. The number of hydrogen-bond acceptors (Lipinski definition) is 5. The number of sulfonamides is 1. The molecule has 1 fully saturated rings. The van der Waals surface area contributed by atoms with Crippen molar-refractivity contribution in [1.82, 2.24) is 4.31 Å². The molecule has 1 aliphatic heterocycles. The molecule has 1 atom stereocenters. The molecule has 1 heterocycles. The van der Waals surface area contributed by atoms with E-state index in [9.17, 15) is 8.42 Å². The molecular formula is C15H25ClN2O4S. The van der Waals surface area contributed by atoms with Gasteiger partial charge in [-0.3, -0.25) is 0 Å². The fraction of sp³-hybridized carbons (Fsp3) is 0.600. The van der Waals surface area contributed by atoms with E-state index in [1.807, 2.05) is 13.8 Å². The minimum Gasteiger partial charge on any atom is -0.490 e. The third-order valence-corrected chi connectivity index (χ3v) is 5.60. The molecule has 0 amide bonds. The molecule has 1 aliphatic rings. The summed E-state index contributed by atoms with van der Waals surface area (Å²) in [5.41, 5.74) is 5.64. The van der Waals surface area contributed by atoms with Crippen molar-refractivity contribution in [2.75, 3.05) is 32.8 Å². The molecule has 2 N–H and O–H groups in total. The van der Waals surface area contributed by atoms with E-state index >= 15 is 0 Å². The summed E-state index contributed by atoms with van der Waals surface area (Å²) < 4.78 is 37.9. The largest absolute Gasteiger partial charge is 0.490 e. The van der Waals surface area contributed by atoms with Gasteiger partial charge in [-0.15, -0.1) is 12.4 Å². The SMILES string of the molecule is CCOc1ccc(S(=O)(=O)N2CCC(CN)C2)cc1OCC.Cl. The minimum atomic E-state index is -3.51. The molecule has 8 heteroatoms. The van der Waals surface area contributed by atoms with Crippen molar-refractivity contribution in [3.8, 4) is 11.5 Å². The molecule has 1 aromatic carbocycles. The van der Waals surface area contributed by atoms with Crippen LogP contribution in [0.4, 0.5) is 0 Å². The zero-order chi connectivity index (χ0) is 16.2. The van der Waals surface area contributed by atoms with E-state index in [0.717, 1.165) is 6.42 Å². The first-order valence-electron chi connectivity index (χ1n) is 7.62. The predicted octanol–water partition coefficient (Wildman–Crippen LogP) is 1.88. The highest BCUT2D eigenvalue weighted by molar-refractivity contribution is 7.89. The average Bonchev–Trinajstić information content (AvgIpc) is 2.99. The zero-order valence-corrected chi connectivity index (χ0v) is 15.2. The van der Waals surface area contributed by atoms with Crippen molar-refractivity contribution in [3.05, 3.63) is 18.2 Å². The Bertz CT molecular complexity index is 609. The Hall–Kier alpha value is -1.02. The summed E-state index contributed by atoms with van der Waals surface area (Å²) in [7, 11) is -3.51. The molecule has 0 bridgehead atoms. The lowest BCUT2D eigenvalue weighted by Crippen LogP contribution is -2.30. The number of nitrogens with two attached hydrogens (primary N) is 1. The predicted molar refractivity (Wildman–Crippen MR) is 91.9 cm³/mol. The Morgan fingerprint density at radius 1 is 1.22 bits per heavy atom. The Morgan fingerprint density at radius 2 is 1.87 bits per heavy atom. The van der Waals surface area contributed by atoms with Crippen LogP contribution in [0, 0.1) is 5.92 Å². The summed E-state index contributed by atoms with van der Waals surface area (Å²) in [5, 5.41) is 0. The third kappa shape index (κ3) is 4.50. The van der Waals surface area contributed by atoms with Crippen LogP contribution in [0.2, 0.25) is 0 Å². The standard InChI is InChI=1S/C15H24N2O4S.ClH/c1-3-20-14-6-5-13(9-15(14)21-4-2)22(18,19)17-8-7-12(10-16)11-17;/h5-6,9,12H,3-4,7-8,10-11,16H2,1-2H3;1H. The number of ether oxygens (including phenoxy) is 2. The smallest absolute Gasteiger partial charge is 0.243 e. The van der Waals surface area contributed by atoms with Crippen LogP contribution in [0.1, 0.15) is 20.3 Å². The van der Waals surface area contributed by atoms with E-state index in [1.54, 1.807) is 18.2 Å². The van der Waals surface area contributed by atoms with Crippen LogP contribution in [-0.2, 0) is 10.0 Å². The molecule has 1 saturated heterocycles. The lowest BCUT2D eigenvalue weighted by atomic mass is 10.1. The van der Waals surface area contributed by atoms with Crippen LogP contribution in [0.5, 0.6) is 11.5 Å². The van der Waals surface area contributed by atoms with Gasteiger partial charge in [0, 0.05) is 19.2 Å². The fourth-order valence-electron chi connectivity index (χ4n) is 2.55. The highest BCUT2D eigenvalue weighted by Gasteiger charge is 2.32. The van der Waals surface area contributed by atoms with Crippen molar-refractivity contribution in [2.45, 2.75) is 25.2 Å². The quantitative estimate of drug-likeness (QED) is 0.798. The van der Waals surface area contributed by atoms with Gasteiger partial charge in [0.25, 0.3) is 0 Å². The third-order valence-electron chi connectivity index (χ3n) is 3.73. The van der Waals surface area contributed by atoms with Crippen molar-refractivity contribution in [3.63, 3.8) is 0 Å². The summed E-state index contributed by atoms with van der Waals surface area (Å²) in [5.74, 6) is 1.26. The fourth-order valence-corrected chi connectivity index (χ4v) is 4.10. The molecule has 132 valence electrons. The number of hydrogen-bond donors (Lipinski definition) is 1. The van der Waals surface area contributed by atoms with Crippen LogP contribution in [0.3, 0.4) is 0 Å². The molecule has 0 aromatic heterocycles. The normalized spacial score (nSPS) is 18.5. The second-order valence-electron chi connectivity index (χ2n) is 5.23. The molecule has 1 aromatic rings. The van der Waals surface area contributed by atoms with Crippen LogP contribution >= 0.6 is 12.4 Å². The van der Waals surface area contributed by atoms with E-state index in [1.165, 1.54) is 4.31 Å². The van der Waals surface area contributed by atoms with E-state index in [2.05, 4.69) is 0 Å². The van der Waals surface area contributed by atoms with E-state index in [4.69, 9.17) is 15.2 Å². The Labute approximate surface area is 144 Å². The van der Waals surface area contributed by atoms with Gasteiger partial charge in [0.2, 0.25) is 10.0 Å². The number of rotatable bonds is 7. The van der Waals surface area contributed by atoms with Crippen molar-refractivity contribution in [1.29, 1.82) is 0 Å². The maximum atomic E-state index is 12.7. The van der Waals surface area contributed by atoms with E-state index in [-0.39, 0.29) is 23.2 Å². The lowest BCUT2D eigenvalue weighted by molar-refractivity contribution is 0.287. The number of halogens is 1. The highest BCUT2D eigenvalue weighted by Crippen LogP contribution is 2.32. The molecule has 6 nitrogen and oxygen atoms in total. The Balaban J connectivity index is 0.00000264. The topological polar surface area (TPSA) is 81.9 Å². The Morgan fingerprint density at radius 3 is 2.43 bits per heavy atom. The second-order valence-corrected chi connectivity index (χ2v) is 7.17. The molecule has 0 aliphatic carbocycles. The van der Waals surface area contributed by atoms with Crippen LogP contribution in [0.25, 0.3) is 0 Å². The van der Waals surface area contributed by atoms with Gasteiger partial charge in [-0.25, -0.2) is 8.42 Å². The summed E-state index contributed by atoms with van der Waals surface area (Å²) in [6.07, 6.45) is 0.811. The average molecular weight is 365 g/mol. The van der Waals surface area contributed by atoms with Crippen molar-refractivity contribution < 1.29 is 17.9 Å². The van der Waals surface area contributed by atoms with Crippen molar-refractivity contribution in [2.24, 2.45) is 11.7 Å². The van der Waals surface area contributed by atoms with Gasteiger partial charge in [0.1, 0.15) is 0 Å². The summed E-state index contributed by atoms with van der Waals surface area (Å²) in [6, 6.07) is 4.76. The van der Waals surface area contributed by atoms with Gasteiger partial charge in [-0.05, 0) is 44.9 Å². The molecule has 0 radical (unpaired) electrons. The van der Waals surface area contributed by atoms with E-state index in [0.29, 0.717) is 44.3 Å². The van der Waals surface area contributed by atoms with Gasteiger partial charge in [-0.1, -0.05) is 0 Å². The molecule has 2 rings (SSSR count). The monoisotopic (exact) mass is 364 g/mol. The van der Waals surface area contributed by atoms with Crippen LogP contribution in [0.15, 0.2) is 23.1 Å². The molecule has 0 saturated carbocycles. The van der Waals surface area contributed by atoms with Crippen molar-refractivity contribution >= 4 is 22.4 Å². The highest BCUT2D eigenvalue weighted by atomic mass is 35.5. The molecule has 0 spiro atoms. The first-order valence-corrected chi connectivity index (χ1v) is 9.06. The number of nitrogens with zero attached hydrogens (tertiary/aromatic N) is 1. The van der Waals surface area contributed by atoms with Gasteiger partial charge in [0.15, 0.2) is 11.5 Å². The number of benzene rings is 1. The summed E-state index contributed by atoms with van der Waals surface area (Å²) in [4.78, 5) is 0.233. The minimum absolute atomic E-state index is 0. The maximum absolute atomic E-state index is 12.7. The summed E-state index contributed by atoms with van der Waals surface area (Å²) >= 11 is 0. The second kappa shape index (κ2) is 8.73. The van der Waals surface area contributed by atoms with Gasteiger partial charge < -0.3 is 15.2 Å². The first kappa shape index (κ1) is 20.0. The lowest BCUT2D eigenvalue weighted by Gasteiger charge is -2.18. The first-order chi connectivity index (χ1) is 10.5. The van der Waals surface area contributed by atoms with Gasteiger partial charge >= 0.3 is 0 Å². The van der Waals surface area contributed by atoms with Crippen LogP contribution < -0.4 is 15.2 Å². The van der Waals surface area contributed by atoms with E-state index < -0.39 is 10.0 Å². The Kier molecular flexibility index (Phi) is 7.60. The molecule has 23 heavy (non-hydrogen) atoms.